The van der Waals surface area contributed by atoms with Gasteiger partial charge in [0.05, 0.1) is 17.8 Å². The molecule has 0 aliphatic heterocycles. The normalized spacial score (nSPS) is 11.3. The molecule has 0 saturated carbocycles. The molecule has 0 saturated heterocycles. The van der Waals surface area contributed by atoms with Crippen LogP contribution in [0, 0.1) is 0 Å². The van der Waals surface area contributed by atoms with Gasteiger partial charge in [0, 0.05) is 17.5 Å². The summed E-state index contributed by atoms with van der Waals surface area (Å²) in [4.78, 5) is 16.3. The fourth-order valence-corrected chi connectivity index (χ4v) is 2.84. The Morgan fingerprint density at radius 1 is 1.22 bits per heavy atom. The SMILES string of the molecule is CCC(O)(CC)CNC(=O)NCc1nc(-c2ccccc2)cs1. The second-order valence-electron chi connectivity index (χ2n) is 5.46. The topological polar surface area (TPSA) is 74.2 Å². The number of carbonyl (C=O) groups is 1. The standard InChI is InChI=1S/C17H23N3O2S/c1-3-17(22,4-2)12-19-16(21)18-10-15-20-14(11-23-15)13-8-6-5-7-9-13/h5-9,11,22H,3-4,10,12H2,1-2H3,(H2,18,19,21). The third kappa shape index (κ3) is 5.04. The van der Waals surface area contributed by atoms with Crippen LogP contribution in [-0.4, -0.2) is 28.3 Å². The van der Waals surface area contributed by atoms with Gasteiger partial charge in [-0.25, -0.2) is 9.78 Å². The number of nitrogens with zero attached hydrogens (tertiary/aromatic N) is 1. The van der Waals surface area contributed by atoms with Gasteiger partial charge in [0.25, 0.3) is 0 Å². The van der Waals surface area contributed by atoms with Crippen molar-refractivity contribution < 1.29 is 9.90 Å². The van der Waals surface area contributed by atoms with Gasteiger partial charge in [-0.1, -0.05) is 44.2 Å². The van der Waals surface area contributed by atoms with Gasteiger partial charge in [0.15, 0.2) is 0 Å². The van der Waals surface area contributed by atoms with E-state index in [0.29, 0.717) is 19.4 Å². The summed E-state index contributed by atoms with van der Waals surface area (Å²) < 4.78 is 0. The zero-order chi connectivity index (χ0) is 16.7. The first-order valence-corrected chi connectivity index (χ1v) is 8.68. The molecule has 0 aliphatic rings. The number of aromatic nitrogens is 1. The van der Waals surface area contributed by atoms with Crippen LogP contribution in [0.15, 0.2) is 35.7 Å². The van der Waals surface area contributed by atoms with Crippen LogP contribution in [0.5, 0.6) is 0 Å². The number of urea groups is 1. The zero-order valence-electron chi connectivity index (χ0n) is 13.5. The van der Waals surface area contributed by atoms with E-state index < -0.39 is 5.60 Å². The van der Waals surface area contributed by atoms with Crippen molar-refractivity contribution in [2.45, 2.75) is 38.8 Å². The Morgan fingerprint density at radius 3 is 2.57 bits per heavy atom. The summed E-state index contributed by atoms with van der Waals surface area (Å²) in [6.07, 6.45) is 1.22. The van der Waals surface area contributed by atoms with Crippen molar-refractivity contribution in [1.29, 1.82) is 0 Å². The van der Waals surface area contributed by atoms with Gasteiger partial charge < -0.3 is 15.7 Å². The van der Waals surface area contributed by atoms with Crippen molar-refractivity contribution >= 4 is 17.4 Å². The average Bonchev–Trinajstić information content (AvgIpc) is 3.07. The van der Waals surface area contributed by atoms with Crippen LogP contribution < -0.4 is 10.6 Å². The van der Waals surface area contributed by atoms with E-state index in [9.17, 15) is 9.90 Å². The molecule has 1 aromatic heterocycles. The van der Waals surface area contributed by atoms with E-state index >= 15 is 0 Å². The number of hydrogen-bond acceptors (Lipinski definition) is 4. The van der Waals surface area contributed by atoms with Crippen molar-refractivity contribution in [3.63, 3.8) is 0 Å². The van der Waals surface area contributed by atoms with Crippen molar-refractivity contribution in [3.8, 4) is 11.3 Å². The van der Waals surface area contributed by atoms with Crippen LogP contribution in [0.4, 0.5) is 4.79 Å². The number of rotatable bonds is 7. The van der Waals surface area contributed by atoms with E-state index in [1.807, 2.05) is 49.6 Å². The maximum atomic E-state index is 11.8. The lowest BCUT2D eigenvalue weighted by atomic mass is 9.98. The maximum absolute atomic E-state index is 11.8. The molecule has 0 unspecified atom stereocenters. The molecule has 0 atom stereocenters. The van der Waals surface area contributed by atoms with Gasteiger partial charge in [-0.15, -0.1) is 11.3 Å². The molecule has 1 aromatic carbocycles. The van der Waals surface area contributed by atoms with E-state index in [4.69, 9.17) is 0 Å². The summed E-state index contributed by atoms with van der Waals surface area (Å²) in [5, 5.41) is 18.5. The molecule has 0 spiro atoms. The maximum Gasteiger partial charge on any atom is 0.315 e. The minimum Gasteiger partial charge on any atom is -0.388 e. The molecule has 3 N–H and O–H groups in total. The summed E-state index contributed by atoms with van der Waals surface area (Å²) in [6.45, 7) is 4.44. The molecular weight excluding hydrogens is 310 g/mol. The molecule has 23 heavy (non-hydrogen) atoms. The predicted octanol–water partition coefficient (Wildman–Crippen LogP) is 3.16. The summed E-state index contributed by atoms with van der Waals surface area (Å²) in [7, 11) is 0. The molecule has 0 bridgehead atoms. The Morgan fingerprint density at radius 2 is 1.91 bits per heavy atom. The Bertz CT molecular complexity index is 624. The van der Waals surface area contributed by atoms with Gasteiger partial charge >= 0.3 is 6.03 Å². The largest absolute Gasteiger partial charge is 0.388 e. The molecule has 1 heterocycles. The van der Waals surface area contributed by atoms with Crippen molar-refractivity contribution in [3.05, 3.63) is 40.7 Å². The number of benzene rings is 1. The summed E-state index contributed by atoms with van der Waals surface area (Å²) in [6, 6.07) is 9.65. The van der Waals surface area contributed by atoms with Crippen molar-refractivity contribution in [1.82, 2.24) is 15.6 Å². The fourth-order valence-electron chi connectivity index (χ4n) is 2.10. The smallest absolute Gasteiger partial charge is 0.315 e. The van der Waals surface area contributed by atoms with E-state index in [2.05, 4.69) is 15.6 Å². The van der Waals surface area contributed by atoms with Gasteiger partial charge in [0.2, 0.25) is 0 Å². The van der Waals surface area contributed by atoms with E-state index in [-0.39, 0.29) is 12.6 Å². The molecule has 0 aliphatic carbocycles. The Kier molecular flexibility index (Phi) is 6.12. The molecule has 0 radical (unpaired) electrons. The molecule has 2 aromatic rings. The number of nitrogens with one attached hydrogen (secondary N) is 2. The van der Waals surface area contributed by atoms with Crippen LogP contribution in [-0.2, 0) is 6.54 Å². The highest BCUT2D eigenvalue weighted by Crippen LogP contribution is 2.21. The van der Waals surface area contributed by atoms with E-state index in [1.165, 1.54) is 11.3 Å². The van der Waals surface area contributed by atoms with Crippen molar-refractivity contribution in [2.75, 3.05) is 6.54 Å². The number of aliphatic hydroxyl groups is 1. The predicted molar refractivity (Wildman–Crippen MR) is 93.3 cm³/mol. The molecule has 2 amide bonds. The highest BCUT2D eigenvalue weighted by molar-refractivity contribution is 7.09. The Labute approximate surface area is 140 Å². The first-order chi connectivity index (χ1) is 11.1. The third-order valence-corrected chi connectivity index (χ3v) is 4.76. The van der Waals surface area contributed by atoms with E-state index in [1.54, 1.807) is 0 Å². The average molecular weight is 333 g/mol. The van der Waals surface area contributed by atoms with Crippen LogP contribution in [0.2, 0.25) is 0 Å². The fraction of sp³-hybridized carbons (Fsp3) is 0.412. The monoisotopic (exact) mass is 333 g/mol. The first kappa shape index (κ1) is 17.4. The second-order valence-corrected chi connectivity index (χ2v) is 6.40. The molecule has 0 fully saturated rings. The zero-order valence-corrected chi connectivity index (χ0v) is 14.3. The van der Waals surface area contributed by atoms with Crippen LogP contribution >= 0.6 is 11.3 Å². The van der Waals surface area contributed by atoms with Crippen molar-refractivity contribution in [2.24, 2.45) is 0 Å². The minimum atomic E-state index is -0.834. The number of hydrogen-bond donors (Lipinski definition) is 3. The number of amides is 2. The Hall–Kier alpha value is -1.92. The summed E-state index contributed by atoms with van der Waals surface area (Å²) >= 11 is 1.52. The van der Waals surface area contributed by atoms with Crippen LogP contribution in [0.1, 0.15) is 31.7 Å². The molecule has 124 valence electrons. The summed E-state index contributed by atoms with van der Waals surface area (Å²) in [5.74, 6) is 0. The summed E-state index contributed by atoms with van der Waals surface area (Å²) in [5.41, 5.74) is 1.15. The van der Waals surface area contributed by atoms with Gasteiger partial charge in [-0.3, -0.25) is 0 Å². The molecule has 2 rings (SSSR count). The molecule has 6 heteroatoms. The van der Waals surface area contributed by atoms with E-state index in [0.717, 1.165) is 16.3 Å². The number of thiazole rings is 1. The number of carbonyl (C=O) groups excluding carboxylic acids is 1. The second kappa shape index (κ2) is 8.08. The highest BCUT2D eigenvalue weighted by atomic mass is 32.1. The van der Waals surface area contributed by atoms with Gasteiger partial charge in [-0.2, -0.15) is 0 Å². The lowest BCUT2D eigenvalue weighted by Gasteiger charge is -2.25. The molecular formula is C17H23N3O2S. The quantitative estimate of drug-likeness (QED) is 0.728. The van der Waals surface area contributed by atoms with Crippen LogP contribution in [0.3, 0.4) is 0 Å². The first-order valence-electron chi connectivity index (χ1n) is 7.80. The lowest BCUT2D eigenvalue weighted by molar-refractivity contribution is 0.0349. The Balaban J connectivity index is 1.82. The molecule has 5 nitrogen and oxygen atoms in total. The van der Waals surface area contributed by atoms with Gasteiger partial charge in [-0.05, 0) is 12.8 Å². The highest BCUT2D eigenvalue weighted by Gasteiger charge is 2.22. The van der Waals surface area contributed by atoms with Gasteiger partial charge in [0.1, 0.15) is 5.01 Å². The third-order valence-electron chi connectivity index (χ3n) is 3.92. The minimum absolute atomic E-state index is 0.249. The van der Waals surface area contributed by atoms with Crippen LogP contribution in [0.25, 0.3) is 11.3 Å². The lowest BCUT2D eigenvalue weighted by Crippen LogP contribution is -2.45.